The van der Waals surface area contributed by atoms with Crippen LogP contribution in [0.5, 0.6) is 0 Å². The van der Waals surface area contributed by atoms with Gasteiger partial charge in [0.05, 0.1) is 19.1 Å². The highest BCUT2D eigenvalue weighted by atomic mass is 16.5. The van der Waals surface area contributed by atoms with Gasteiger partial charge < -0.3 is 15.8 Å². The molecule has 2 aliphatic rings. The van der Waals surface area contributed by atoms with E-state index in [1.165, 1.54) is 37.7 Å². The SMILES string of the molecule is NCC(NC(=O)CC1CN(Cc2ccccc2)CCO1)C1CCCCC1. The van der Waals surface area contributed by atoms with Crippen LogP contribution in [0.4, 0.5) is 0 Å². The standard InChI is InChI=1S/C21H33N3O2/c22-14-20(18-9-5-2-6-10-18)23-21(25)13-19-16-24(11-12-26-19)15-17-7-3-1-4-8-17/h1,3-4,7-8,18-20H,2,5-6,9-16,22H2,(H,23,25). The average Bonchev–Trinajstić information content (AvgIpc) is 2.68. The summed E-state index contributed by atoms with van der Waals surface area (Å²) in [6.45, 7) is 3.85. The molecule has 144 valence electrons. The molecule has 1 aromatic carbocycles. The van der Waals surface area contributed by atoms with E-state index in [1.54, 1.807) is 0 Å². The lowest BCUT2D eigenvalue weighted by Gasteiger charge is -2.34. The fraction of sp³-hybridized carbons (Fsp3) is 0.667. The molecule has 3 N–H and O–H groups in total. The van der Waals surface area contributed by atoms with Crippen LogP contribution in [0.15, 0.2) is 30.3 Å². The first-order chi connectivity index (χ1) is 12.7. The second-order valence-electron chi connectivity index (χ2n) is 7.73. The van der Waals surface area contributed by atoms with Gasteiger partial charge in [-0.2, -0.15) is 0 Å². The topological polar surface area (TPSA) is 67.6 Å². The van der Waals surface area contributed by atoms with Crippen LogP contribution < -0.4 is 11.1 Å². The minimum atomic E-state index is -0.0303. The van der Waals surface area contributed by atoms with E-state index in [-0.39, 0.29) is 18.1 Å². The lowest BCUT2D eigenvalue weighted by atomic mass is 9.84. The van der Waals surface area contributed by atoms with Gasteiger partial charge in [-0.25, -0.2) is 0 Å². The highest BCUT2D eigenvalue weighted by Crippen LogP contribution is 2.26. The van der Waals surface area contributed by atoms with Crippen molar-refractivity contribution in [2.45, 2.75) is 57.2 Å². The monoisotopic (exact) mass is 359 g/mol. The summed E-state index contributed by atoms with van der Waals surface area (Å²) in [6, 6.07) is 10.6. The second kappa shape index (κ2) is 10.0. The third kappa shape index (κ3) is 5.79. The molecule has 5 heteroatoms. The minimum Gasteiger partial charge on any atom is -0.375 e. The molecule has 1 aromatic rings. The molecule has 1 amide bonds. The van der Waals surface area contributed by atoms with Crippen LogP contribution in [0, 0.1) is 5.92 Å². The van der Waals surface area contributed by atoms with Gasteiger partial charge in [-0.05, 0) is 24.3 Å². The lowest BCUT2D eigenvalue weighted by molar-refractivity contribution is -0.127. The van der Waals surface area contributed by atoms with E-state index in [1.807, 2.05) is 6.07 Å². The summed E-state index contributed by atoms with van der Waals surface area (Å²) in [4.78, 5) is 14.9. The van der Waals surface area contributed by atoms with Gasteiger partial charge in [-0.15, -0.1) is 0 Å². The Labute approximate surface area is 157 Å². The van der Waals surface area contributed by atoms with Crippen LogP contribution in [-0.4, -0.2) is 49.2 Å². The number of benzene rings is 1. The number of morpholine rings is 1. The summed E-state index contributed by atoms with van der Waals surface area (Å²) in [7, 11) is 0. The Bertz CT molecular complexity index is 545. The summed E-state index contributed by atoms with van der Waals surface area (Å²) in [5, 5.41) is 3.19. The van der Waals surface area contributed by atoms with Gasteiger partial charge in [0.25, 0.3) is 0 Å². The molecule has 1 aliphatic carbocycles. The smallest absolute Gasteiger partial charge is 0.222 e. The van der Waals surface area contributed by atoms with Crippen molar-refractivity contribution in [3.8, 4) is 0 Å². The van der Waals surface area contributed by atoms with Crippen molar-refractivity contribution in [2.75, 3.05) is 26.2 Å². The molecule has 0 aromatic heterocycles. The summed E-state index contributed by atoms with van der Waals surface area (Å²) in [5.74, 6) is 0.622. The zero-order chi connectivity index (χ0) is 18.2. The third-order valence-corrected chi connectivity index (χ3v) is 5.70. The molecule has 0 spiro atoms. The van der Waals surface area contributed by atoms with Crippen LogP contribution in [0.3, 0.4) is 0 Å². The van der Waals surface area contributed by atoms with Crippen molar-refractivity contribution in [1.82, 2.24) is 10.2 Å². The first-order valence-electron chi connectivity index (χ1n) is 10.1. The summed E-state index contributed by atoms with van der Waals surface area (Å²) < 4.78 is 5.84. The van der Waals surface area contributed by atoms with Crippen LogP contribution in [-0.2, 0) is 16.1 Å². The molecular formula is C21H33N3O2. The zero-order valence-electron chi connectivity index (χ0n) is 15.7. The molecule has 2 atom stereocenters. The number of amides is 1. The fourth-order valence-electron chi connectivity index (χ4n) is 4.27. The quantitative estimate of drug-likeness (QED) is 0.784. The summed E-state index contributed by atoms with van der Waals surface area (Å²) >= 11 is 0. The molecule has 0 bridgehead atoms. The maximum Gasteiger partial charge on any atom is 0.222 e. The molecule has 1 aliphatic heterocycles. The Hall–Kier alpha value is -1.43. The van der Waals surface area contributed by atoms with Gasteiger partial charge in [-0.1, -0.05) is 49.6 Å². The third-order valence-electron chi connectivity index (χ3n) is 5.70. The van der Waals surface area contributed by atoms with E-state index in [0.29, 0.717) is 25.5 Å². The molecule has 0 radical (unpaired) electrons. The van der Waals surface area contributed by atoms with E-state index in [2.05, 4.69) is 34.5 Å². The Balaban J connectivity index is 1.45. The Kier molecular flexibility index (Phi) is 7.47. The second-order valence-corrected chi connectivity index (χ2v) is 7.73. The molecule has 1 heterocycles. The van der Waals surface area contributed by atoms with Crippen molar-refractivity contribution in [3.05, 3.63) is 35.9 Å². The van der Waals surface area contributed by atoms with E-state index >= 15 is 0 Å². The van der Waals surface area contributed by atoms with Crippen molar-refractivity contribution >= 4 is 5.91 Å². The van der Waals surface area contributed by atoms with E-state index in [4.69, 9.17) is 10.5 Å². The average molecular weight is 360 g/mol. The zero-order valence-corrected chi connectivity index (χ0v) is 15.7. The number of rotatable bonds is 7. The fourth-order valence-corrected chi connectivity index (χ4v) is 4.27. The summed E-state index contributed by atoms with van der Waals surface area (Å²) in [5.41, 5.74) is 7.24. The Morgan fingerprint density at radius 3 is 2.73 bits per heavy atom. The van der Waals surface area contributed by atoms with Crippen molar-refractivity contribution in [1.29, 1.82) is 0 Å². The van der Waals surface area contributed by atoms with E-state index in [0.717, 1.165) is 19.6 Å². The molecule has 1 saturated heterocycles. The molecule has 26 heavy (non-hydrogen) atoms. The minimum absolute atomic E-state index is 0.0303. The van der Waals surface area contributed by atoms with E-state index in [9.17, 15) is 4.79 Å². The maximum absolute atomic E-state index is 12.5. The number of nitrogens with two attached hydrogens (primary N) is 1. The van der Waals surface area contributed by atoms with Crippen molar-refractivity contribution < 1.29 is 9.53 Å². The number of hydrogen-bond donors (Lipinski definition) is 2. The number of carbonyl (C=O) groups excluding carboxylic acids is 1. The molecule has 2 unspecified atom stereocenters. The molecule has 1 saturated carbocycles. The first-order valence-corrected chi connectivity index (χ1v) is 10.1. The predicted octanol–water partition coefficient (Wildman–Crippen LogP) is 2.30. The van der Waals surface area contributed by atoms with Gasteiger partial charge >= 0.3 is 0 Å². The number of carbonyl (C=O) groups is 1. The van der Waals surface area contributed by atoms with Crippen LogP contribution in [0.25, 0.3) is 0 Å². The summed E-state index contributed by atoms with van der Waals surface area (Å²) in [6.07, 6.45) is 6.61. The van der Waals surface area contributed by atoms with Crippen LogP contribution in [0.2, 0.25) is 0 Å². The normalized spacial score (nSPS) is 23.5. The van der Waals surface area contributed by atoms with Gasteiger partial charge in [0.1, 0.15) is 0 Å². The van der Waals surface area contributed by atoms with Gasteiger partial charge in [0.15, 0.2) is 0 Å². The highest BCUT2D eigenvalue weighted by molar-refractivity contribution is 5.76. The molecule has 2 fully saturated rings. The molecule has 5 nitrogen and oxygen atoms in total. The van der Waals surface area contributed by atoms with Crippen LogP contribution in [0.1, 0.15) is 44.1 Å². The first kappa shape index (κ1) is 19.3. The number of nitrogens with zero attached hydrogens (tertiary/aromatic N) is 1. The van der Waals surface area contributed by atoms with Crippen molar-refractivity contribution in [3.63, 3.8) is 0 Å². The largest absolute Gasteiger partial charge is 0.375 e. The number of hydrogen-bond acceptors (Lipinski definition) is 4. The van der Waals surface area contributed by atoms with Crippen LogP contribution >= 0.6 is 0 Å². The van der Waals surface area contributed by atoms with Crippen molar-refractivity contribution in [2.24, 2.45) is 11.7 Å². The van der Waals surface area contributed by atoms with Gasteiger partial charge in [0.2, 0.25) is 5.91 Å². The Morgan fingerprint density at radius 1 is 1.23 bits per heavy atom. The lowest BCUT2D eigenvalue weighted by Crippen LogP contribution is -2.49. The van der Waals surface area contributed by atoms with E-state index < -0.39 is 0 Å². The van der Waals surface area contributed by atoms with Gasteiger partial charge in [0, 0.05) is 32.2 Å². The molecular weight excluding hydrogens is 326 g/mol. The number of nitrogens with one attached hydrogen (secondary N) is 1. The number of ether oxygens (including phenoxy) is 1. The predicted molar refractivity (Wildman–Crippen MR) is 104 cm³/mol. The maximum atomic E-state index is 12.5. The molecule has 3 rings (SSSR count). The Morgan fingerprint density at radius 2 is 2.00 bits per heavy atom. The van der Waals surface area contributed by atoms with Gasteiger partial charge in [-0.3, -0.25) is 9.69 Å². The highest BCUT2D eigenvalue weighted by Gasteiger charge is 2.27.